The van der Waals surface area contributed by atoms with Gasteiger partial charge in [0.15, 0.2) is 17.3 Å². The molecule has 214 valence electrons. The van der Waals surface area contributed by atoms with E-state index in [9.17, 15) is 24.0 Å². The van der Waals surface area contributed by atoms with Gasteiger partial charge < -0.3 is 4.74 Å². The van der Waals surface area contributed by atoms with Crippen molar-refractivity contribution in [3.05, 3.63) is 143 Å². The highest BCUT2D eigenvalue weighted by atomic mass is 16.5. The van der Waals surface area contributed by atoms with Crippen LogP contribution < -0.4 is 4.74 Å². The van der Waals surface area contributed by atoms with Crippen LogP contribution in [0.3, 0.4) is 0 Å². The normalized spacial score (nSPS) is 13.8. The van der Waals surface area contributed by atoms with E-state index in [1.807, 2.05) is 12.1 Å². The van der Waals surface area contributed by atoms with Crippen molar-refractivity contribution in [3.63, 3.8) is 0 Å². The molecule has 1 aliphatic rings. The fraction of sp³-hybridized carbons (Fsp3) is 0.114. The van der Waals surface area contributed by atoms with Crippen LogP contribution in [0.4, 0.5) is 4.79 Å². The number of Topliss-reactive ketones (excluding diaryl/α,β-unsaturated/α-hetero) is 3. The van der Waals surface area contributed by atoms with Crippen LogP contribution in [0.25, 0.3) is 0 Å². The number of allylic oxidation sites excluding steroid dienone is 1. The second-order valence-corrected chi connectivity index (χ2v) is 9.96. The van der Waals surface area contributed by atoms with Gasteiger partial charge in [0.1, 0.15) is 17.2 Å². The van der Waals surface area contributed by atoms with Gasteiger partial charge in [-0.25, -0.2) is 4.79 Å². The molecule has 3 amide bonds. The summed E-state index contributed by atoms with van der Waals surface area (Å²) in [4.78, 5) is 66.2. The Morgan fingerprint density at radius 2 is 1.12 bits per heavy atom. The standard InChI is InChI=1S/C35H28N2O6/c1-24(38)26-15-19-30(20-16-26)43-29-17-12-25(13-18-29)14-21-31-34(41)37(23-33(40)28-10-6-3-7-11-28)35(42)36(31)22-32(39)27-8-4-2-5-9-27/h2-13,15-21H,14,22-23H2,1H3/b31-21-. The summed E-state index contributed by atoms with van der Waals surface area (Å²) in [6, 6.07) is 30.3. The summed E-state index contributed by atoms with van der Waals surface area (Å²) < 4.78 is 5.86. The van der Waals surface area contributed by atoms with Crippen molar-refractivity contribution in [1.82, 2.24) is 9.80 Å². The minimum Gasteiger partial charge on any atom is -0.457 e. The highest BCUT2D eigenvalue weighted by Gasteiger charge is 2.42. The largest absolute Gasteiger partial charge is 0.457 e. The smallest absolute Gasteiger partial charge is 0.332 e. The van der Waals surface area contributed by atoms with E-state index < -0.39 is 18.5 Å². The molecule has 0 N–H and O–H groups in total. The van der Waals surface area contributed by atoms with Crippen molar-refractivity contribution in [1.29, 1.82) is 0 Å². The van der Waals surface area contributed by atoms with Gasteiger partial charge in [-0.3, -0.25) is 29.0 Å². The van der Waals surface area contributed by atoms with Crippen LogP contribution in [0.15, 0.2) is 121 Å². The summed E-state index contributed by atoms with van der Waals surface area (Å²) in [5.74, 6) is -0.213. The van der Waals surface area contributed by atoms with E-state index in [-0.39, 0.29) is 29.6 Å². The van der Waals surface area contributed by atoms with E-state index in [1.54, 1.807) is 103 Å². The molecule has 0 aliphatic carbocycles. The highest BCUT2D eigenvalue weighted by molar-refractivity contribution is 6.16. The molecule has 1 heterocycles. The molecule has 0 atom stereocenters. The Morgan fingerprint density at radius 1 is 0.628 bits per heavy atom. The molecule has 4 aromatic carbocycles. The molecular weight excluding hydrogens is 544 g/mol. The molecule has 0 unspecified atom stereocenters. The van der Waals surface area contributed by atoms with Crippen molar-refractivity contribution >= 4 is 29.3 Å². The van der Waals surface area contributed by atoms with Gasteiger partial charge in [-0.05, 0) is 55.3 Å². The fourth-order valence-electron chi connectivity index (χ4n) is 4.60. The lowest BCUT2D eigenvalue weighted by Gasteiger charge is -2.16. The van der Waals surface area contributed by atoms with Crippen molar-refractivity contribution in [3.8, 4) is 11.5 Å². The van der Waals surface area contributed by atoms with E-state index >= 15 is 0 Å². The Bertz CT molecular complexity index is 1700. The number of nitrogens with zero attached hydrogens (tertiary/aromatic N) is 2. The topological polar surface area (TPSA) is 101 Å². The molecule has 1 fully saturated rings. The molecule has 1 saturated heterocycles. The number of rotatable bonds is 11. The van der Waals surface area contributed by atoms with Crippen molar-refractivity contribution in [2.45, 2.75) is 13.3 Å². The van der Waals surface area contributed by atoms with Crippen LogP contribution in [-0.2, 0) is 11.2 Å². The lowest BCUT2D eigenvalue weighted by Crippen LogP contribution is -2.38. The maximum atomic E-state index is 13.4. The van der Waals surface area contributed by atoms with Crippen molar-refractivity contribution < 1.29 is 28.7 Å². The second-order valence-electron chi connectivity index (χ2n) is 9.96. The second kappa shape index (κ2) is 12.9. The van der Waals surface area contributed by atoms with Gasteiger partial charge in [0.2, 0.25) is 0 Å². The molecular formula is C35H28N2O6. The predicted octanol–water partition coefficient (Wildman–Crippen LogP) is 6.14. The Hall–Kier alpha value is -5.63. The van der Waals surface area contributed by atoms with E-state index in [0.29, 0.717) is 34.6 Å². The lowest BCUT2D eigenvalue weighted by atomic mass is 10.1. The molecule has 0 saturated carbocycles. The average Bonchev–Trinajstić information content (AvgIpc) is 3.25. The third kappa shape index (κ3) is 6.82. The minimum atomic E-state index is -0.718. The fourth-order valence-corrected chi connectivity index (χ4v) is 4.60. The SMILES string of the molecule is CC(=O)c1ccc(Oc2ccc(C/C=C3/C(=O)N(CC(=O)c4ccccc4)C(=O)N3CC(=O)c3ccccc3)cc2)cc1. The first kappa shape index (κ1) is 28.9. The molecule has 1 aliphatic heterocycles. The third-order valence-corrected chi connectivity index (χ3v) is 6.96. The first-order chi connectivity index (χ1) is 20.8. The maximum absolute atomic E-state index is 13.4. The zero-order valence-corrected chi connectivity index (χ0v) is 23.4. The summed E-state index contributed by atoms with van der Waals surface area (Å²) >= 11 is 0. The minimum absolute atomic E-state index is 0.0265. The van der Waals surface area contributed by atoms with E-state index in [2.05, 4.69) is 0 Å². The Balaban J connectivity index is 1.33. The molecule has 0 aromatic heterocycles. The number of carbonyl (C=O) groups excluding carboxylic acids is 5. The zero-order chi connectivity index (χ0) is 30.3. The number of ether oxygens (including phenoxy) is 1. The highest BCUT2D eigenvalue weighted by Crippen LogP contribution is 2.25. The summed E-state index contributed by atoms with van der Waals surface area (Å²) in [5.41, 5.74) is 2.26. The average molecular weight is 573 g/mol. The van der Waals surface area contributed by atoms with Crippen LogP contribution in [-0.4, -0.2) is 52.2 Å². The van der Waals surface area contributed by atoms with E-state index in [0.717, 1.165) is 15.4 Å². The summed E-state index contributed by atoms with van der Waals surface area (Å²) in [5, 5.41) is 0. The quantitative estimate of drug-likeness (QED) is 0.122. The van der Waals surface area contributed by atoms with Gasteiger partial charge in [0, 0.05) is 16.7 Å². The maximum Gasteiger partial charge on any atom is 0.332 e. The summed E-state index contributed by atoms with van der Waals surface area (Å²) in [6.07, 6.45) is 1.89. The molecule has 0 radical (unpaired) electrons. The number of benzene rings is 4. The van der Waals surface area contributed by atoms with Crippen LogP contribution in [0.2, 0.25) is 0 Å². The number of imide groups is 1. The van der Waals surface area contributed by atoms with Crippen molar-refractivity contribution in [2.24, 2.45) is 0 Å². The molecule has 5 rings (SSSR count). The molecule has 8 heteroatoms. The monoisotopic (exact) mass is 572 g/mol. The molecule has 4 aromatic rings. The first-order valence-corrected chi connectivity index (χ1v) is 13.7. The van der Waals surface area contributed by atoms with Gasteiger partial charge in [-0.2, -0.15) is 0 Å². The number of hydrogen-bond acceptors (Lipinski definition) is 6. The van der Waals surface area contributed by atoms with Gasteiger partial charge in [0.25, 0.3) is 5.91 Å². The Kier molecular flexibility index (Phi) is 8.67. The van der Waals surface area contributed by atoms with Crippen LogP contribution in [0.5, 0.6) is 11.5 Å². The van der Waals surface area contributed by atoms with E-state index in [1.165, 1.54) is 6.92 Å². The van der Waals surface area contributed by atoms with E-state index in [4.69, 9.17) is 4.74 Å². The van der Waals surface area contributed by atoms with Crippen LogP contribution in [0, 0.1) is 0 Å². The molecule has 43 heavy (non-hydrogen) atoms. The number of ketones is 3. The van der Waals surface area contributed by atoms with Crippen LogP contribution >= 0.6 is 0 Å². The zero-order valence-electron chi connectivity index (χ0n) is 23.4. The number of amides is 3. The van der Waals surface area contributed by atoms with Gasteiger partial charge in [0.05, 0.1) is 13.1 Å². The van der Waals surface area contributed by atoms with Gasteiger partial charge in [-0.15, -0.1) is 0 Å². The molecule has 8 nitrogen and oxygen atoms in total. The van der Waals surface area contributed by atoms with Gasteiger partial charge in [-0.1, -0.05) is 78.9 Å². The summed E-state index contributed by atoms with van der Waals surface area (Å²) in [7, 11) is 0. The molecule has 0 spiro atoms. The molecule has 0 bridgehead atoms. The van der Waals surface area contributed by atoms with Crippen molar-refractivity contribution in [2.75, 3.05) is 13.1 Å². The predicted molar refractivity (Wildman–Crippen MR) is 160 cm³/mol. The van der Waals surface area contributed by atoms with Gasteiger partial charge >= 0.3 is 6.03 Å². The Labute approximate surface area is 248 Å². The summed E-state index contributed by atoms with van der Waals surface area (Å²) in [6.45, 7) is 0.723. The third-order valence-electron chi connectivity index (χ3n) is 6.96. The van der Waals surface area contributed by atoms with Crippen LogP contribution in [0.1, 0.15) is 43.6 Å². The lowest BCUT2D eigenvalue weighted by molar-refractivity contribution is -0.122. The number of carbonyl (C=O) groups is 5. The number of hydrogen-bond donors (Lipinski definition) is 0. The number of urea groups is 1. The first-order valence-electron chi connectivity index (χ1n) is 13.7. The Morgan fingerprint density at radius 3 is 1.63 bits per heavy atom.